The molecule has 154 valence electrons. The van der Waals surface area contributed by atoms with E-state index >= 15 is 0 Å². The van der Waals surface area contributed by atoms with Crippen LogP contribution in [-0.2, 0) is 8.85 Å². The number of rotatable bonds is 6. The summed E-state index contributed by atoms with van der Waals surface area (Å²) in [6.45, 7) is 7.06. The lowest BCUT2D eigenvalue weighted by atomic mass is 9.83. The molecule has 2 rings (SSSR count). The van der Waals surface area contributed by atoms with E-state index in [1.54, 1.807) is 27.7 Å². The Morgan fingerprint density at radius 3 is 1.48 bits per heavy atom. The van der Waals surface area contributed by atoms with Gasteiger partial charge in [-0.1, -0.05) is 0 Å². The molecule has 0 saturated heterocycles. The van der Waals surface area contributed by atoms with E-state index in [9.17, 15) is 26.7 Å². The Labute approximate surface area is 156 Å². The molecule has 1 aliphatic rings. The van der Waals surface area contributed by atoms with Gasteiger partial charge in [0.05, 0.1) is 0 Å². The van der Waals surface area contributed by atoms with Gasteiger partial charge in [0.25, 0.3) is 0 Å². The summed E-state index contributed by atoms with van der Waals surface area (Å²) in [5.41, 5.74) is -1.12. The predicted molar refractivity (Wildman–Crippen MR) is 91.6 cm³/mol. The van der Waals surface area contributed by atoms with Gasteiger partial charge in [-0.3, -0.25) is 0 Å². The molecule has 1 N–H and O–H groups in total. The lowest BCUT2D eigenvalue weighted by molar-refractivity contribution is 0.0341. The van der Waals surface area contributed by atoms with E-state index in [-0.39, 0.29) is 30.6 Å². The van der Waals surface area contributed by atoms with Crippen molar-refractivity contribution in [1.29, 1.82) is 0 Å². The highest BCUT2D eigenvalue weighted by Gasteiger charge is 2.49. The van der Waals surface area contributed by atoms with Crippen molar-refractivity contribution in [2.24, 2.45) is 0 Å². The average Bonchev–Trinajstić information content (AvgIpc) is 2.57. The summed E-state index contributed by atoms with van der Waals surface area (Å²) in [6, 6.07) is 0. The monoisotopic (exact) mass is 412 g/mol. The SMILES string of the molecule is CC(C)O[Si](O)(OC(C)C)C1CCC(c2c(F)c(F)c(F)c(F)c2F)CC1. The van der Waals surface area contributed by atoms with Crippen molar-refractivity contribution < 1.29 is 35.6 Å². The fourth-order valence-corrected chi connectivity index (χ4v) is 6.48. The third-order valence-electron chi connectivity index (χ3n) is 4.70. The molecule has 1 aromatic carbocycles. The zero-order valence-corrected chi connectivity index (χ0v) is 16.8. The minimum atomic E-state index is -3.56. The lowest BCUT2D eigenvalue weighted by Crippen LogP contribution is -2.51. The van der Waals surface area contributed by atoms with Crippen molar-refractivity contribution in [3.8, 4) is 0 Å². The van der Waals surface area contributed by atoms with E-state index < -0.39 is 49.4 Å². The van der Waals surface area contributed by atoms with Crippen LogP contribution in [0.1, 0.15) is 64.9 Å². The molecule has 27 heavy (non-hydrogen) atoms. The first-order valence-electron chi connectivity index (χ1n) is 9.07. The van der Waals surface area contributed by atoms with Gasteiger partial charge in [0.1, 0.15) is 0 Å². The summed E-state index contributed by atoms with van der Waals surface area (Å²) in [6.07, 6.45) is 0.419. The van der Waals surface area contributed by atoms with Gasteiger partial charge in [0.2, 0.25) is 5.82 Å². The van der Waals surface area contributed by atoms with Crippen LogP contribution >= 0.6 is 0 Å². The second-order valence-corrected chi connectivity index (χ2v) is 10.0. The van der Waals surface area contributed by atoms with Crippen LogP contribution in [0.5, 0.6) is 0 Å². The number of benzene rings is 1. The average molecular weight is 412 g/mol. The first-order valence-corrected chi connectivity index (χ1v) is 10.9. The van der Waals surface area contributed by atoms with Gasteiger partial charge in [-0.25, -0.2) is 22.0 Å². The van der Waals surface area contributed by atoms with Crippen molar-refractivity contribution in [3.63, 3.8) is 0 Å². The molecule has 0 amide bonds. The van der Waals surface area contributed by atoms with E-state index in [4.69, 9.17) is 8.85 Å². The fourth-order valence-electron chi connectivity index (χ4n) is 3.62. The highest BCUT2D eigenvalue weighted by Crippen LogP contribution is 2.45. The molecule has 0 aliphatic heterocycles. The molecular formula is C18H25F5O3Si. The van der Waals surface area contributed by atoms with Crippen molar-refractivity contribution in [2.45, 2.75) is 77.0 Å². The van der Waals surface area contributed by atoms with Crippen LogP contribution in [-0.4, -0.2) is 25.8 Å². The summed E-state index contributed by atoms with van der Waals surface area (Å²) in [5.74, 6) is -10.4. The largest absolute Gasteiger partial charge is 0.501 e. The molecule has 3 nitrogen and oxygen atoms in total. The molecule has 0 radical (unpaired) electrons. The smallest absolute Gasteiger partial charge is 0.390 e. The highest BCUT2D eigenvalue weighted by molar-refractivity contribution is 6.61. The fraction of sp³-hybridized carbons (Fsp3) is 0.667. The molecule has 0 spiro atoms. The van der Waals surface area contributed by atoms with Crippen molar-refractivity contribution in [2.75, 3.05) is 0 Å². The van der Waals surface area contributed by atoms with E-state index in [0.29, 0.717) is 12.8 Å². The van der Waals surface area contributed by atoms with Crippen molar-refractivity contribution in [3.05, 3.63) is 34.6 Å². The predicted octanol–water partition coefficient (Wildman–Crippen LogP) is 5.19. The molecule has 0 unspecified atom stereocenters. The Morgan fingerprint density at radius 1 is 0.741 bits per heavy atom. The molecule has 9 heteroatoms. The second-order valence-electron chi connectivity index (χ2n) is 7.50. The van der Waals surface area contributed by atoms with Gasteiger partial charge in [0.15, 0.2) is 23.3 Å². The molecule has 1 aromatic rings. The molecular weight excluding hydrogens is 387 g/mol. The highest BCUT2D eigenvalue weighted by atomic mass is 28.4. The van der Waals surface area contributed by atoms with Gasteiger partial charge in [-0.05, 0) is 59.3 Å². The Hall–Kier alpha value is -1.03. The van der Waals surface area contributed by atoms with Gasteiger partial charge < -0.3 is 13.6 Å². The van der Waals surface area contributed by atoms with Crippen LogP contribution in [0.15, 0.2) is 0 Å². The second kappa shape index (κ2) is 8.55. The minimum Gasteiger partial charge on any atom is -0.390 e. The zero-order chi connectivity index (χ0) is 20.5. The summed E-state index contributed by atoms with van der Waals surface area (Å²) in [7, 11) is -3.56. The maximum Gasteiger partial charge on any atom is 0.501 e. The summed E-state index contributed by atoms with van der Waals surface area (Å²) < 4.78 is 79.7. The third-order valence-corrected chi connectivity index (χ3v) is 7.93. The van der Waals surface area contributed by atoms with Gasteiger partial charge in [-0.15, -0.1) is 0 Å². The standard InChI is InChI=1S/C18H25F5O3Si/c1-9(2)25-27(24,26-10(3)4)12-7-5-11(6-8-12)13-14(19)16(21)18(23)17(22)15(13)20/h9-12,24H,5-8H2,1-4H3. The zero-order valence-electron chi connectivity index (χ0n) is 15.8. The first kappa shape index (κ1) is 22.3. The first-order chi connectivity index (χ1) is 12.5. The van der Waals surface area contributed by atoms with E-state index in [1.165, 1.54) is 0 Å². The van der Waals surface area contributed by atoms with Crippen LogP contribution in [0.3, 0.4) is 0 Å². The van der Waals surface area contributed by atoms with Gasteiger partial charge >= 0.3 is 8.80 Å². The van der Waals surface area contributed by atoms with Crippen LogP contribution in [0.4, 0.5) is 22.0 Å². The van der Waals surface area contributed by atoms with Crippen LogP contribution in [0.2, 0.25) is 5.54 Å². The number of halogens is 5. The Kier molecular flexibility index (Phi) is 7.04. The molecule has 0 heterocycles. The topological polar surface area (TPSA) is 38.7 Å². The number of hydrogen-bond donors (Lipinski definition) is 1. The van der Waals surface area contributed by atoms with Crippen molar-refractivity contribution >= 4 is 8.80 Å². The molecule has 1 aliphatic carbocycles. The van der Waals surface area contributed by atoms with Crippen LogP contribution < -0.4 is 0 Å². The van der Waals surface area contributed by atoms with Gasteiger partial charge in [-0.2, -0.15) is 0 Å². The lowest BCUT2D eigenvalue weighted by Gasteiger charge is -2.38. The normalized spacial score (nSPS) is 21.3. The molecule has 0 bridgehead atoms. The Morgan fingerprint density at radius 2 is 1.11 bits per heavy atom. The van der Waals surface area contributed by atoms with Crippen LogP contribution in [0, 0.1) is 29.1 Å². The van der Waals surface area contributed by atoms with E-state index in [2.05, 4.69) is 0 Å². The Balaban J connectivity index is 2.22. The maximum atomic E-state index is 14.1. The molecule has 0 atom stereocenters. The quantitative estimate of drug-likeness (QED) is 0.302. The third kappa shape index (κ3) is 4.69. The molecule has 1 saturated carbocycles. The minimum absolute atomic E-state index is 0.168. The Bertz CT molecular complexity index is 636. The van der Waals surface area contributed by atoms with Crippen molar-refractivity contribution in [1.82, 2.24) is 0 Å². The van der Waals surface area contributed by atoms with E-state index in [1.807, 2.05) is 0 Å². The van der Waals surface area contributed by atoms with Gasteiger partial charge in [0, 0.05) is 23.3 Å². The summed E-state index contributed by atoms with van der Waals surface area (Å²) in [4.78, 5) is 10.9. The molecule has 1 fully saturated rings. The summed E-state index contributed by atoms with van der Waals surface area (Å²) in [5, 5.41) is 0. The summed E-state index contributed by atoms with van der Waals surface area (Å²) >= 11 is 0. The molecule has 0 aromatic heterocycles. The van der Waals surface area contributed by atoms with E-state index in [0.717, 1.165) is 0 Å². The number of hydrogen-bond acceptors (Lipinski definition) is 3. The van der Waals surface area contributed by atoms with Crippen LogP contribution in [0.25, 0.3) is 0 Å². The maximum absolute atomic E-state index is 14.1.